The van der Waals surface area contributed by atoms with Gasteiger partial charge in [0.25, 0.3) is 0 Å². The molecule has 0 aliphatic carbocycles. The predicted octanol–water partition coefficient (Wildman–Crippen LogP) is 4.06. The lowest BCUT2D eigenvalue weighted by molar-refractivity contribution is 0.569. The van der Waals surface area contributed by atoms with Crippen LogP contribution in [0, 0.1) is 0 Å². The molecule has 0 aliphatic rings. The molecule has 0 saturated heterocycles. The van der Waals surface area contributed by atoms with Gasteiger partial charge in [0.2, 0.25) is 0 Å². The fourth-order valence-electron chi connectivity index (χ4n) is 2.11. The molecule has 0 fully saturated rings. The maximum absolute atomic E-state index is 4.64. The van der Waals surface area contributed by atoms with Crippen molar-refractivity contribution < 1.29 is 0 Å². The van der Waals surface area contributed by atoms with E-state index >= 15 is 0 Å². The first-order valence-corrected chi connectivity index (χ1v) is 7.85. The van der Waals surface area contributed by atoms with Crippen molar-refractivity contribution in [3.63, 3.8) is 0 Å². The summed E-state index contributed by atoms with van der Waals surface area (Å²) in [6, 6.07) is 16.6. The normalized spacial score (nSPS) is 12.2. The molecule has 3 nitrogen and oxygen atoms in total. The second-order valence-corrected chi connectivity index (χ2v) is 5.73. The van der Waals surface area contributed by atoms with Crippen LogP contribution < -0.4 is 5.32 Å². The summed E-state index contributed by atoms with van der Waals surface area (Å²) in [6.45, 7) is 2.93. The molecule has 106 valence electrons. The maximum Gasteiger partial charge on any atom is 0.142 e. The van der Waals surface area contributed by atoms with Crippen molar-refractivity contribution in [2.75, 3.05) is 0 Å². The number of benzene rings is 1. The van der Waals surface area contributed by atoms with Gasteiger partial charge in [-0.15, -0.1) is 11.3 Å². The van der Waals surface area contributed by atoms with Gasteiger partial charge in [0.05, 0.1) is 11.4 Å². The molecule has 1 N–H and O–H groups in total. The second-order valence-electron chi connectivity index (χ2n) is 4.87. The van der Waals surface area contributed by atoms with E-state index in [1.165, 1.54) is 5.56 Å². The summed E-state index contributed by atoms with van der Waals surface area (Å²) >= 11 is 1.64. The zero-order valence-electron chi connectivity index (χ0n) is 11.9. The molecular formula is C17H17N3S. The number of thiazole rings is 1. The van der Waals surface area contributed by atoms with Crippen molar-refractivity contribution in [2.45, 2.75) is 19.5 Å². The van der Waals surface area contributed by atoms with E-state index in [1.54, 1.807) is 17.5 Å². The Morgan fingerprint density at radius 1 is 1.10 bits per heavy atom. The highest BCUT2D eigenvalue weighted by Crippen LogP contribution is 2.21. The molecule has 21 heavy (non-hydrogen) atoms. The van der Waals surface area contributed by atoms with Gasteiger partial charge in [-0.3, -0.25) is 4.98 Å². The number of aromatic nitrogens is 2. The average molecular weight is 295 g/mol. The Balaban J connectivity index is 1.63. The van der Waals surface area contributed by atoms with Gasteiger partial charge in [0.1, 0.15) is 5.01 Å². The van der Waals surface area contributed by atoms with Gasteiger partial charge in [0, 0.05) is 24.2 Å². The number of hydrogen-bond donors (Lipinski definition) is 1. The Morgan fingerprint density at radius 3 is 2.67 bits per heavy atom. The van der Waals surface area contributed by atoms with Crippen LogP contribution in [-0.2, 0) is 6.54 Å². The van der Waals surface area contributed by atoms with E-state index < -0.39 is 0 Å². The first-order chi connectivity index (χ1) is 10.3. The van der Waals surface area contributed by atoms with Gasteiger partial charge in [-0.25, -0.2) is 4.98 Å². The van der Waals surface area contributed by atoms with Crippen molar-refractivity contribution in [3.8, 4) is 10.7 Å². The fraction of sp³-hybridized carbons (Fsp3) is 0.176. The lowest BCUT2D eigenvalue weighted by atomic mass is 10.1. The molecule has 2 aromatic heterocycles. The Kier molecular flexibility index (Phi) is 4.38. The van der Waals surface area contributed by atoms with Gasteiger partial charge in [-0.1, -0.05) is 36.4 Å². The van der Waals surface area contributed by atoms with E-state index in [1.807, 2.05) is 24.3 Å². The third-order valence-electron chi connectivity index (χ3n) is 3.32. The number of pyridine rings is 1. The zero-order valence-corrected chi connectivity index (χ0v) is 12.7. The largest absolute Gasteiger partial charge is 0.305 e. The third kappa shape index (κ3) is 3.54. The predicted molar refractivity (Wildman–Crippen MR) is 87.0 cm³/mol. The van der Waals surface area contributed by atoms with Crippen LogP contribution in [0.5, 0.6) is 0 Å². The summed E-state index contributed by atoms with van der Waals surface area (Å²) < 4.78 is 0. The first-order valence-electron chi connectivity index (χ1n) is 6.97. The van der Waals surface area contributed by atoms with E-state index in [0.29, 0.717) is 6.04 Å². The zero-order chi connectivity index (χ0) is 14.5. The monoisotopic (exact) mass is 295 g/mol. The Hall–Kier alpha value is -2.04. The summed E-state index contributed by atoms with van der Waals surface area (Å²) in [5, 5.41) is 6.57. The molecule has 2 heterocycles. The summed E-state index contributed by atoms with van der Waals surface area (Å²) in [5.74, 6) is 0. The highest BCUT2D eigenvalue weighted by molar-refractivity contribution is 7.13. The van der Waals surface area contributed by atoms with Gasteiger partial charge in [-0.2, -0.15) is 0 Å². The fourth-order valence-corrected chi connectivity index (χ4v) is 2.91. The lowest BCUT2D eigenvalue weighted by Gasteiger charge is -2.12. The van der Waals surface area contributed by atoms with Crippen LogP contribution in [0.3, 0.4) is 0 Å². The third-order valence-corrected chi connectivity index (χ3v) is 4.24. The smallest absolute Gasteiger partial charge is 0.142 e. The number of nitrogens with one attached hydrogen (secondary N) is 1. The molecule has 3 rings (SSSR count). The molecule has 1 aromatic carbocycles. The minimum atomic E-state index is 0.311. The lowest BCUT2D eigenvalue weighted by Crippen LogP contribution is -2.18. The van der Waals surface area contributed by atoms with E-state index in [4.69, 9.17) is 0 Å². The van der Waals surface area contributed by atoms with Crippen LogP contribution in [0.15, 0.2) is 60.1 Å². The molecule has 0 amide bonds. The van der Waals surface area contributed by atoms with Crippen molar-refractivity contribution >= 4 is 11.3 Å². The van der Waals surface area contributed by atoms with Crippen LogP contribution in [-0.4, -0.2) is 9.97 Å². The number of rotatable bonds is 5. The van der Waals surface area contributed by atoms with Gasteiger partial charge < -0.3 is 5.32 Å². The highest BCUT2D eigenvalue weighted by atomic mass is 32.1. The molecule has 0 bridgehead atoms. The SMILES string of the molecule is C[C@@H](NCc1csc(-c2ccccn2)n1)c1ccccc1. The van der Waals surface area contributed by atoms with Crippen molar-refractivity contribution in [3.05, 3.63) is 71.4 Å². The van der Waals surface area contributed by atoms with Crippen LogP contribution in [0.2, 0.25) is 0 Å². The summed E-state index contributed by atoms with van der Waals surface area (Å²) in [4.78, 5) is 8.97. The standard InChI is InChI=1S/C17H17N3S/c1-13(14-7-3-2-4-8-14)19-11-15-12-21-17(20-15)16-9-5-6-10-18-16/h2-10,12-13,19H,11H2,1H3/t13-/m1/s1. The number of nitrogens with zero attached hydrogens (tertiary/aromatic N) is 2. The molecule has 0 unspecified atom stereocenters. The van der Waals surface area contributed by atoms with E-state index in [0.717, 1.165) is 22.9 Å². The van der Waals surface area contributed by atoms with Crippen molar-refractivity contribution in [1.82, 2.24) is 15.3 Å². The van der Waals surface area contributed by atoms with Crippen molar-refractivity contribution in [1.29, 1.82) is 0 Å². The van der Waals surface area contributed by atoms with Gasteiger partial charge >= 0.3 is 0 Å². The molecule has 0 radical (unpaired) electrons. The molecule has 3 aromatic rings. The maximum atomic E-state index is 4.64. The summed E-state index contributed by atoms with van der Waals surface area (Å²) in [5.41, 5.74) is 3.28. The van der Waals surface area contributed by atoms with Crippen LogP contribution in [0.25, 0.3) is 10.7 Å². The summed E-state index contributed by atoms with van der Waals surface area (Å²) in [7, 11) is 0. The van der Waals surface area contributed by atoms with E-state index in [9.17, 15) is 0 Å². The Labute approximate surface area is 128 Å². The topological polar surface area (TPSA) is 37.8 Å². The Morgan fingerprint density at radius 2 is 1.90 bits per heavy atom. The molecule has 1 atom stereocenters. The van der Waals surface area contributed by atoms with Crippen LogP contribution in [0.1, 0.15) is 24.2 Å². The van der Waals surface area contributed by atoms with E-state index in [-0.39, 0.29) is 0 Å². The highest BCUT2D eigenvalue weighted by Gasteiger charge is 2.08. The second kappa shape index (κ2) is 6.61. The van der Waals surface area contributed by atoms with Crippen molar-refractivity contribution in [2.24, 2.45) is 0 Å². The van der Waals surface area contributed by atoms with Crippen LogP contribution in [0.4, 0.5) is 0 Å². The number of hydrogen-bond acceptors (Lipinski definition) is 4. The van der Waals surface area contributed by atoms with Gasteiger partial charge in [0.15, 0.2) is 0 Å². The van der Waals surface area contributed by atoms with Gasteiger partial charge in [-0.05, 0) is 24.6 Å². The van der Waals surface area contributed by atoms with Crippen LogP contribution >= 0.6 is 11.3 Å². The quantitative estimate of drug-likeness (QED) is 0.771. The molecule has 4 heteroatoms. The first kappa shape index (κ1) is 13.9. The molecule has 0 spiro atoms. The Bertz CT molecular complexity index is 680. The molecular weight excluding hydrogens is 278 g/mol. The minimum absolute atomic E-state index is 0.311. The minimum Gasteiger partial charge on any atom is -0.305 e. The molecule has 0 saturated carbocycles. The van der Waals surface area contributed by atoms with E-state index in [2.05, 4.69) is 51.9 Å². The molecule has 0 aliphatic heterocycles. The summed E-state index contributed by atoms with van der Waals surface area (Å²) in [6.07, 6.45) is 1.80. The average Bonchev–Trinajstić information content (AvgIpc) is 3.03.